The number of hydrogen-bond acceptors (Lipinski definition) is 4. The maximum atomic E-state index is 12.6. The number of nitrogens with one attached hydrogen (secondary N) is 3. The van der Waals surface area contributed by atoms with Crippen LogP contribution in [-0.2, 0) is 0 Å². The molecular weight excluding hydrogens is 455 g/mol. The van der Waals surface area contributed by atoms with E-state index in [1.807, 2.05) is 39.1 Å². The summed E-state index contributed by atoms with van der Waals surface area (Å²) >= 11 is 2.19. The van der Waals surface area contributed by atoms with Gasteiger partial charge in [-0.2, -0.15) is 5.26 Å². The summed E-state index contributed by atoms with van der Waals surface area (Å²) in [7, 11) is 0. The second-order valence-corrected chi connectivity index (χ2v) is 8.08. The number of benzene rings is 1. The molecule has 3 N–H and O–H groups in total. The first-order chi connectivity index (χ1) is 12.8. The fourth-order valence-corrected chi connectivity index (χ4v) is 2.46. The largest absolute Gasteiger partial charge is 0.330 e. The summed E-state index contributed by atoms with van der Waals surface area (Å²) in [5, 5.41) is 17.5. The van der Waals surface area contributed by atoms with Crippen molar-refractivity contribution < 1.29 is 4.79 Å². The molecule has 7 nitrogen and oxygen atoms in total. The first kappa shape index (κ1) is 20.6. The Morgan fingerprint density at radius 2 is 1.96 bits per heavy atom. The summed E-state index contributed by atoms with van der Waals surface area (Å²) in [5.74, 6) is 0.00101. The lowest BCUT2D eigenvalue weighted by Crippen LogP contribution is -2.44. The zero-order valence-corrected chi connectivity index (χ0v) is 17.5. The number of amides is 1. The Hall–Kier alpha value is -2.67. The van der Waals surface area contributed by atoms with E-state index in [2.05, 4.69) is 48.5 Å². The van der Waals surface area contributed by atoms with Gasteiger partial charge >= 0.3 is 0 Å². The number of halogens is 1. The van der Waals surface area contributed by atoms with Gasteiger partial charge in [0.15, 0.2) is 6.19 Å². The lowest BCUT2D eigenvalue weighted by atomic mass is 9.92. The third-order valence-corrected chi connectivity index (χ3v) is 4.27. The van der Waals surface area contributed by atoms with Crippen molar-refractivity contribution in [3.63, 3.8) is 0 Å². The van der Waals surface area contributed by atoms with Gasteiger partial charge in [-0.3, -0.25) is 15.1 Å². The highest BCUT2D eigenvalue weighted by Gasteiger charge is 2.27. The van der Waals surface area contributed by atoms with Gasteiger partial charge in [0.25, 0.3) is 5.91 Å². The molecule has 2 aromatic rings. The summed E-state index contributed by atoms with van der Waals surface area (Å²) in [4.78, 5) is 21.2. The molecule has 1 aromatic carbocycles. The molecule has 0 fully saturated rings. The fraction of sp³-hybridized carbons (Fsp3) is 0.263. The second kappa shape index (κ2) is 9.32. The van der Waals surface area contributed by atoms with Crippen molar-refractivity contribution in [1.29, 1.82) is 5.26 Å². The molecule has 1 aromatic heterocycles. The van der Waals surface area contributed by atoms with E-state index < -0.39 is 6.17 Å². The first-order valence-corrected chi connectivity index (χ1v) is 9.34. The summed E-state index contributed by atoms with van der Waals surface area (Å²) in [5.41, 5.74) is 0.850. The number of nitriles is 1. The molecule has 0 radical (unpaired) electrons. The molecule has 1 amide bonds. The molecule has 2 rings (SSSR count). The van der Waals surface area contributed by atoms with Gasteiger partial charge in [-0.15, -0.1) is 0 Å². The van der Waals surface area contributed by atoms with E-state index in [0.29, 0.717) is 11.3 Å². The summed E-state index contributed by atoms with van der Waals surface area (Å²) in [6, 6.07) is 10.9. The smallest absolute Gasteiger partial charge is 0.252 e. The van der Waals surface area contributed by atoms with Crippen molar-refractivity contribution in [3.05, 3.63) is 57.9 Å². The number of rotatable bonds is 4. The standard InChI is InChI=1S/C19H21IN6O/c1-19(2,3)17(25-16(27)13-6-8-14(20)9-7-13)26-18(23-12-21)24-15-5-4-10-22-11-15/h4-11,17H,1-3H3,(H,25,27)(H2,23,24,26). The molecule has 0 saturated heterocycles. The van der Waals surface area contributed by atoms with E-state index in [0.717, 1.165) is 3.57 Å². The van der Waals surface area contributed by atoms with Crippen molar-refractivity contribution >= 4 is 40.1 Å². The van der Waals surface area contributed by atoms with Crippen LogP contribution in [0.3, 0.4) is 0 Å². The van der Waals surface area contributed by atoms with Gasteiger partial charge in [-0.05, 0) is 59.0 Å². The molecule has 0 aliphatic heterocycles. The summed E-state index contributed by atoms with van der Waals surface area (Å²) < 4.78 is 1.05. The average molecular weight is 476 g/mol. The van der Waals surface area contributed by atoms with Gasteiger partial charge in [0.1, 0.15) is 6.17 Å². The maximum absolute atomic E-state index is 12.6. The number of aromatic nitrogens is 1. The van der Waals surface area contributed by atoms with Gasteiger partial charge in [0.2, 0.25) is 5.96 Å². The molecule has 0 spiro atoms. The first-order valence-electron chi connectivity index (χ1n) is 8.26. The van der Waals surface area contributed by atoms with Crippen LogP contribution in [0.2, 0.25) is 0 Å². The zero-order valence-electron chi connectivity index (χ0n) is 15.3. The lowest BCUT2D eigenvalue weighted by molar-refractivity contribution is 0.0906. The van der Waals surface area contributed by atoms with Gasteiger partial charge in [0, 0.05) is 20.7 Å². The van der Waals surface area contributed by atoms with Crippen LogP contribution < -0.4 is 16.0 Å². The number of hydrogen-bond donors (Lipinski definition) is 3. The van der Waals surface area contributed by atoms with E-state index in [1.165, 1.54) is 0 Å². The van der Waals surface area contributed by atoms with Crippen LogP contribution >= 0.6 is 22.6 Å². The van der Waals surface area contributed by atoms with Gasteiger partial charge in [-0.1, -0.05) is 20.8 Å². The van der Waals surface area contributed by atoms with E-state index >= 15 is 0 Å². The van der Waals surface area contributed by atoms with E-state index in [-0.39, 0.29) is 17.3 Å². The third-order valence-electron chi connectivity index (χ3n) is 3.55. The molecular formula is C19H21IN6O. The van der Waals surface area contributed by atoms with Gasteiger partial charge < -0.3 is 10.6 Å². The highest BCUT2D eigenvalue weighted by Crippen LogP contribution is 2.21. The maximum Gasteiger partial charge on any atom is 0.252 e. The Balaban J connectivity index is 2.25. The highest BCUT2D eigenvalue weighted by molar-refractivity contribution is 14.1. The van der Waals surface area contributed by atoms with E-state index in [9.17, 15) is 4.79 Å². The van der Waals surface area contributed by atoms with Gasteiger partial charge in [0.05, 0.1) is 11.9 Å². The van der Waals surface area contributed by atoms with Crippen molar-refractivity contribution in [1.82, 2.24) is 15.6 Å². The zero-order chi connectivity index (χ0) is 19.9. The summed E-state index contributed by atoms with van der Waals surface area (Å²) in [6.45, 7) is 5.89. The van der Waals surface area contributed by atoms with Gasteiger partial charge in [-0.25, -0.2) is 4.99 Å². The van der Waals surface area contributed by atoms with E-state index in [4.69, 9.17) is 5.26 Å². The van der Waals surface area contributed by atoms with Crippen molar-refractivity contribution in [2.75, 3.05) is 5.32 Å². The number of aliphatic imine (C=N–C) groups is 1. The van der Waals surface area contributed by atoms with Crippen LogP contribution in [0.1, 0.15) is 31.1 Å². The molecule has 27 heavy (non-hydrogen) atoms. The minimum atomic E-state index is -0.565. The molecule has 1 atom stereocenters. The van der Waals surface area contributed by atoms with Crippen LogP contribution in [0.4, 0.5) is 5.69 Å². The molecule has 8 heteroatoms. The average Bonchev–Trinajstić information content (AvgIpc) is 2.62. The van der Waals surface area contributed by atoms with E-state index in [1.54, 1.807) is 36.7 Å². The minimum absolute atomic E-state index is 0.229. The number of anilines is 1. The monoisotopic (exact) mass is 476 g/mol. The molecule has 140 valence electrons. The van der Waals surface area contributed by atoms with Crippen molar-refractivity contribution in [3.8, 4) is 6.19 Å². The Kier molecular flexibility index (Phi) is 7.12. The van der Waals surface area contributed by atoms with Crippen LogP contribution in [-0.4, -0.2) is 23.0 Å². The number of carbonyl (C=O) groups is 1. The SMILES string of the molecule is CC(C)(C)C(N=C(NC#N)Nc1cccnc1)NC(=O)c1ccc(I)cc1. The van der Waals surface area contributed by atoms with Crippen LogP contribution in [0.25, 0.3) is 0 Å². The molecule has 0 bridgehead atoms. The number of carbonyl (C=O) groups excluding carboxylic acids is 1. The molecule has 0 aliphatic rings. The van der Waals surface area contributed by atoms with Crippen LogP contribution in [0, 0.1) is 20.4 Å². The fourth-order valence-electron chi connectivity index (χ4n) is 2.10. The number of pyridine rings is 1. The van der Waals surface area contributed by atoms with Crippen LogP contribution in [0.5, 0.6) is 0 Å². The van der Waals surface area contributed by atoms with Crippen LogP contribution in [0.15, 0.2) is 53.8 Å². The Morgan fingerprint density at radius 3 is 2.52 bits per heavy atom. The normalized spacial score (nSPS) is 12.6. The molecule has 1 heterocycles. The summed E-state index contributed by atoms with van der Waals surface area (Å²) in [6.07, 6.45) is 4.56. The lowest BCUT2D eigenvalue weighted by Gasteiger charge is -2.29. The second-order valence-electron chi connectivity index (χ2n) is 6.83. The Labute approximate surface area is 172 Å². The third kappa shape index (κ3) is 6.53. The molecule has 0 saturated carbocycles. The Bertz CT molecular complexity index is 837. The number of guanidine groups is 1. The van der Waals surface area contributed by atoms with Crippen molar-refractivity contribution in [2.24, 2.45) is 10.4 Å². The molecule has 0 aliphatic carbocycles. The number of nitrogens with zero attached hydrogens (tertiary/aromatic N) is 3. The predicted molar refractivity (Wildman–Crippen MR) is 114 cm³/mol. The predicted octanol–water partition coefficient (Wildman–Crippen LogP) is 3.33. The molecule has 1 unspecified atom stereocenters. The Morgan fingerprint density at radius 1 is 1.26 bits per heavy atom. The highest BCUT2D eigenvalue weighted by atomic mass is 127. The topological polar surface area (TPSA) is 102 Å². The quantitative estimate of drug-likeness (QED) is 0.207. The van der Waals surface area contributed by atoms with Crippen molar-refractivity contribution in [2.45, 2.75) is 26.9 Å². The minimum Gasteiger partial charge on any atom is -0.330 e.